The van der Waals surface area contributed by atoms with Crippen molar-refractivity contribution in [3.63, 3.8) is 0 Å². The number of rotatable bonds is 8. The molecule has 1 aromatic carbocycles. The van der Waals surface area contributed by atoms with Crippen LogP contribution < -0.4 is 14.8 Å². The largest absolute Gasteiger partial charge is 0.497 e. The number of esters is 1. The van der Waals surface area contributed by atoms with Crippen LogP contribution >= 0.6 is 0 Å². The van der Waals surface area contributed by atoms with Gasteiger partial charge in [-0.2, -0.15) is 0 Å². The van der Waals surface area contributed by atoms with Crippen molar-refractivity contribution in [3.8, 4) is 11.5 Å². The Morgan fingerprint density at radius 3 is 2.74 bits per heavy atom. The second-order valence-corrected chi connectivity index (χ2v) is 4.02. The van der Waals surface area contributed by atoms with Gasteiger partial charge in [-0.1, -0.05) is 13.0 Å². The number of carbonyl (C=O) groups excluding carboxylic acids is 1. The number of carbonyl (C=O) groups is 1. The third-order valence-electron chi connectivity index (χ3n) is 2.59. The van der Waals surface area contributed by atoms with Gasteiger partial charge in [-0.3, -0.25) is 0 Å². The van der Waals surface area contributed by atoms with Crippen LogP contribution in [0.15, 0.2) is 18.2 Å². The van der Waals surface area contributed by atoms with E-state index in [9.17, 15) is 4.79 Å². The highest BCUT2D eigenvalue weighted by molar-refractivity contribution is 5.71. The quantitative estimate of drug-likeness (QED) is 0.574. The van der Waals surface area contributed by atoms with Crippen molar-refractivity contribution in [2.24, 2.45) is 0 Å². The fraction of sp³-hybridized carbons (Fsp3) is 0.500. The van der Waals surface area contributed by atoms with Crippen molar-refractivity contribution in [2.75, 3.05) is 27.4 Å². The van der Waals surface area contributed by atoms with E-state index in [0.29, 0.717) is 18.0 Å². The highest BCUT2D eigenvalue weighted by Crippen LogP contribution is 2.24. The normalized spacial score (nSPS) is 10.1. The molecule has 0 atom stereocenters. The minimum Gasteiger partial charge on any atom is -0.497 e. The van der Waals surface area contributed by atoms with E-state index >= 15 is 0 Å². The predicted molar refractivity (Wildman–Crippen MR) is 72.5 cm³/mol. The van der Waals surface area contributed by atoms with Crippen molar-refractivity contribution >= 4 is 5.97 Å². The molecule has 0 bridgehead atoms. The van der Waals surface area contributed by atoms with E-state index in [4.69, 9.17) is 9.47 Å². The molecule has 0 aliphatic carbocycles. The maximum Gasteiger partial charge on any atom is 0.343 e. The fourth-order valence-corrected chi connectivity index (χ4v) is 1.54. The molecule has 0 aliphatic heterocycles. The molecule has 0 fully saturated rings. The Balaban J connectivity index is 2.73. The zero-order valence-electron chi connectivity index (χ0n) is 11.7. The van der Waals surface area contributed by atoms with Crippen LogP contribution in [-0.4, -0.2) is 33.3 Å². The van der Waals surface area contributed by atoms with Gasteiger partial charge in [-0.25, -0.2) is 4.79 Å². The van der Waals surface area contributed by atoms with Crippen LogP contribution in [-0.2, 0) is 16.1 Å². The van der Waals surface area contributed by atoms with Gasteiger partial charge in [0.2, 0.25) is 0 Å². The average Bonchev–Trinajstić information content (AvgIpc) is 2.45. The maximum atomic E-state index is 11.1. The molecule has 1 rings (SSSR count). The lowest BCUT2D eigenvalue weighted by Crippen LogP contribution is -2.17. The second kappa shape index (κ2) is 8.37. The summed E-state index contributed by atoms with van der Waals surface area (Å²) < 4.78 is 15.2. The number of methoxy groups -OCH3 is 2. The van der Waals surface area contributed by atoms with Crippen molar-refractivity contribution in [2.45, 2.75) is 19.9 Å². The molecule has 19 heavy (non-hydrogen) atoms. The van der Waals surface area contributed by atoms with E-state index in [1.807, 2.05) is 12.1 Å². The smallest absolute Gasteiger partial charge is 0.343 e. The lowest BCUT2D eigenvalue weighted by molar-refractivity contribution is -0.142. The molecule has 0 spiro atoms. The first-order valence-electron chi connectivity index (χ1n) is 6.28. The number of ether oxygens (including phenoxy) is 3. The molecule has 1 aromatic rings. The molecule has 0 saturated carbocycles. The minimum absolute atomic E-state index is 0.107. The third kappa shape index (κ3) is 5.18. The highest BCUT2D eigenvalue weighted by Gasteiger charge is 2.08. The monoisotopic (exact) mass is 267 g/mol. The summed E-state index contributed by atoms with van der Waals surface area (Å²) in [6.45, 7) is 3.62. The van der Waals surface area contributed by atoms with E-state index < -0.39 is 5.97 Å². The molecule has 0 heterocycles. The van der Waals surface area contributed by atoms with Gasteiger partial charge in [0.15, 0.2) is 6.61 Å². The van der Waals surface area contributed by atoms with Crippen molar-refractivity contribution in [1.29, 1.82) is 0 Å². The van der Waals surface area contributed by atoms with Crippen LogP contribution in [0, 0.1) is 0 Å². The van der Waals surface area contributed by atoms with Crippen LogP contribution in [0.4, 0.5) is 0 Å². The standard InChI is InChI=1S/C14H21NO4/c1-4-7-15-9-11-5-6-12(17-2)8-13(11)19-10-14(16)18-3/h5-6,8,15H,4,7,9-10H2,1-3H3. The van der Waals surface area contributed by atoms with E-state index in [1.54, 1.807) is 13.2 Å². The first kappa shape index (κ1) is 15.3. The summed E-state index contributed by atoms with van der Waals surface area (Å²) in [4.78, 5) is 11.1. The van der Waals surface area contributed by atoms with Gasteiger partial charge in [0.05, 0.1) is 14.2 Å². The summed E-state index contributed by atoms with van der Waals surface area (Å²) in [5, 5.41) is 3.29. The van der Waals surface area contributed by atoms with Crippen LogP contribution in [0.25, 0.3) is 0 Å². The van der Waals surface area contributed by atoms with Crippen molar-refractivity contribution < 1.29 is 19.0 Å². The summed E-state index contributed by atoms with van der Waals surface area (Å²) >= 11 is 0. The molecule has 0 radical (unpaired) electrons. The van der Waals surface area contributed by atoms with Gasteiger partial charge in [-0.05, 0) is 19.0 Å². The molecule has 0 unspecified atom stereocenters. The maximum absolute atomic E-state index is 11.1. The summed E-state index contributed by atoms with van der Waals surface area (Å²) in [6, 6.07) is 5.56. The molecule has 0 aliphatic rings. The average molecular weight is 267 g/mol. The summed E-state index contributed by atoms with van der Waals surface area (Å²) in [7, 11) is 2.93. The summed E-state index contributed by atoms with van der Waals surface area (Å²) in [6.07, 6.45) is 1.06. The van der Waals surface area contributed by atoms with Crippen molar-refractivity contribution in [3.05, 3.63) is 23.8 Å². The highest BCUT2D eigenvalue weighted by atomic mass is 16.6. The SMILES string of the molecule is CCCNCc1ccc(OC)cc1OCC(=O)OC. The van der Waals surface area contributed by atoms with Gasteiger partial charge in [0.1, 0.15) is 11.5 Å². The molecule has 0 aromatic heterocycles. The molecular weight excluding hydrogens is 246 g/mol. The predicted octanol–water partition coefficient (Wildman–Crippen LogP) is 1.75. The van der Waals surface area contributed by atoms with Gasteiger partial charge < -0.3 is 19.5 Å². The topological polar surface area (TPSA) is 56.8 Å². The summed E-state index contributed by atoms with van der Waals surface area (Å²) in [5.74, 6) is 0.919. The molecule has 106 valence electrons. The number of hydrogen-bond acceptors (Lipinski definition) is 5. The Morgan fingerprint density at radius 2 is 2.11 bits per heavy atom. The lowest BCUT2D eigenvalue weighted by atomic mass is 10.2. The molecule has 5 heteroatoms. The van der Waals surface area contributed by atoms with Crippen molar-refractivity contribution in [1.82, 2.24) is 5.32 Å². The lowest BCUT2D eigenvalue weighted by Gasteiger charge is -2.12. The molecule has 0 saturated heterocycles. The van der Waals surface area contributed by atoms with Crippen LogP contribution in [0.3, 0.4) is 0 Å². The molecular formula is C14H21NO4. The summed E-state index contributed by atoms with van der Waals surface area (Å²) in [5.41, 5.74) is 0.984. The van der Waals surface area contributed by atoms with E-state index in [1.165, 1.54) is 7.11 Å². The van der Waals surface area contributed by atoms with Gasteiger partial charge >= 0.3 is 5.97 Å². The number of hydrogen-bond donors (Lipinski definition) is 1. The van der Waals surface area contributed by atoms with Crippen LogP contribution in [0.2, 0.25) is 0 Å². The van der Waals surface area contributed by atoms with E-state index in [0.717, 1.165) is 18.5 Å². The zero-order chi connectivity index (χ0) is 14.1. The van der Waals surface area contributed by atoms with Gasteiger partial charge in [-0.15, -0.1) is 0 Å². The van der Waals surface area contributed by atoms with E-state index in [2.05, 4.69) is 17.0 Å². The van der Waals surface area contributed by atoms with E-state index in [-0.39, 0.29) is 6.61 Å². The van der Waals surface area contributed by atoms with Crippen LogP contribution in [0.5, 0.6) is 11.5 Å². The molecule has 5 nitrogen and oxygen atoms in total. The Kier molecular flexibility index (Phi) is 6.74. The molecule has 1 N–H and O–H groups in total. The third-order valence-corrected chi connectivity index (χ3v) is 2.59. The first-order chi connectivity index (χ1) is 9.21. The van der Waals surface area contributed by atoms with Crippen LogP contribution in [0.1, 0.15) is 18.9 Å². The Hall–Kier alpha value is -1.75. The fourth-order valence-electron chi connectivity index (χ4n) is 1.54. The Labute approximate surface area is 113 Å². The van der Waals surface area contributed by atoms with Gasteiger partial charge in [0, 0.05) is 18.2 Å². The number of benzene rings is 1. The number of nitrogens with one attached hydrogen (secondary N) is 1. The van der Waals surface area contributed by atoms with Gasteiger partial charge in [0.25, 0.3) is 0 Å². The molecule has 0 amide bonds. The Bertz CT molecular complexity index is 406. The Morgan fingerprint density at radius 1 is 1.32 bits per heavy atom. The zero-order valence-corrected chi connectivity index (χ0v) is 11.7. The minimum atomic E-state index is -0.407. The second-order valence-electron chi connectivity index (χ2n) is 4.02. The first-order valence-corrected chi connectivity index (χ1v) is 6.28.